The highest BCUT2D eigenvalue weighted by molar-refractivity contribution is 7.80. The van der Waals surface area contributed by atoms with Crippen molar-refractivity contribution in [2.75, 3.05) is 23.3 Å². The van der Waals surface area contributed by atoms with E-state index in [0.29, 0.717) is 5.02 Å². The Labute approximate surface area is 164 Å². The molecule has 0 heterocycles. The molecule has 26 heavy (non-hydrogen) atoms. The van der Waals surface area contributed by atoms with Crippen LogP contribution in [0.25, 0.3) is 6.08 Å². The Kier molecular flexibility index (Phi) is 7.63. The van der Waals surface area contributed by atoms with Gasteiger partial charge >= 0.3 is 0 Å². The number of thiocarbonyl (C=S) groups is 1. The molecule has 0 aromatic heterocycles. The molecule has 6 heteroatoms. The molecule has 2 rings (SSSR count). The van der Waals surface area contributed by atoms with Gasteiger partial charge in [-0.2, -0.15) is 0 Å². The maximum absolute atomic E-state index is 12.0. The first-order valence-corrected chi connectivity index (χ1v) is 9.21. The van der Waals surface area contributed by atoms with Crippen LogP contribution in [0.5, 0.6) is 0 Å². The molecule has 0 atom stereocenters. The Morgan fingerprint density at radius 2 is 1.77 bits per heavy atom. The van der Waals surface area contributed by atoms with Gasteiger partial charge in [0.2, 0.25) is 5.91 Å². The van der Waals surface area contributed by atoms with Crippen molar-refractivity contribution < 1.29 is 4.79 Å². The smallest absolute Gasteiger partial charge is 0.250 e. The van der Waals surface area contributed by atoms with Crippen molar-refractivity contribution in [3.8, 4) is 0 Å². The van der Waals surface area contributed by atoms with Gasteiger partial charge in [0.05, 0.1) is 0 Å². The predicted molar refractivity (Wildman–Crippen MR) is 115 cm³/mol. The fourth-order valence-electron chi connectivity index (χ4n) is 2.44. The lowest BCUT2D eigenvalue weighted by Crippen LogP contribution is -2.32. The molecule has 0 spiro atoms. The van der Waals surface area contributed by atoms with E-state index in [1.165, 1.54) is 6.08 Å². The van der Waals surface area contributed by atoms with Crippen LogP contribution in [0.1, 0.15) is 19.4 Å². The van der Waals surface area contributed by atoms with Crippen molar-refractivity contribution in [2.24, 2.45) is 0 Å². The number of amides is 1. The van der Waals surface area contributed by atoms with Gasteiger partial charge < -0.3 is 10.2 Å². The van der Waals surface area contributed by atoms with Crippen LogP contribution in [0.15, 0.2) is 54.6 Å². The van der Waals surface area contributed by atoms with E-state index >= 15 is 0 Å². The highest BCUT2D eigenvalue weighted by Crippen LogP contribution is 2.18. The number of hydrogen-bond acceptors (Lipinski definition) is 3. The van der Waals surface area contributed by atoms with Crippen LogP contribution < -0.4 is 15.5 Å². The molecule has 0 fully saturated rings. The lowest BCUT2D eigenvalue weighted by atomic mass is 10.2. The number of halogens is 1. The fraction of sp³-hybridized carbons (Fsp3) is 0.200. The van der Waals surface area contributed by atoms with Crippen LogP contribution in [0.2, 0.25) is 5.02 Å². The molecule has 2 N–H and O–H groups in total. The first kappa shape index (κ1) is 19.9. The maximum Gasteiger partial charge on any atom is 0.250 e. The highest BCUT2D eigenvalue weighted by atomic mass is 35.5. The van der Waals surface area contributed by atoms with E-state index in [4.69, 9.17) is 23.8 Å². The fourth-order valence-corrected chi connectivity index (χ4v) is 2.85. The summed E-state index contributed by atoms with van der Waals surface area (Å²) < 4.78 is 0. The normalized spacial score (nSPS) is 10.6. The summed E-state index contributed by atoms with van der Waals surface area (Å²) in [6.45, 7) is 6.15. The topological polar surface area (TPSA) is 44.4 Å². The minimum Gasteiger partial charge on any atom is -0.372 e. The maximum atomic E-state index is 12.0. The highest BCUT2D eigenvalue weighted by Gasteiger charge is 2.04. The van der Waals surface area contributed by atoms with E-state index < -0.39 is 0 Å². The quantitative estimate of drug-likeness (QED) is 0.556. The van der Waals surface area contributed by atoms with E-state index in [-0.39, 0.29) is 11.0 Å². The first-order chi connectivity index (χ1) is 12.5. The zero-order valence-corrected chi connectivity index (χ0v) is 16.4. The summed E-state index contributed by atoms with van der Waals surface area (Å²) in [5.74, 6) is -0.317. The average Bonchev–Trinajstić information content (AvgIpc) is 2.63. The molecule has 0 aliphatic carbocycles. The Bertz CT molecular complexity index is 786. The number of rotatable bonds is 6. The molecule has 0 saturated carbocycles. The second kappa shape index (κ2) is 9.94. The minimum absolute atomic E-state index is 0.245. The zero-order valence-electron chi connectivity index (χ0n) is 14.8. The standard InChI is InChI=1S/C20H22ClN3OS/c1-3-24(4-2)17-12-10-16(11-13-17)22-20(26)23-19(25)14-9-15-7-5-6-8-18(15)21/h5-14H,3-4H2,1-2H3,(H2,22,23,25,26). The SMILES string of the molecule is CCN(CC)c1ccc(NC(=S)NC(=O)C=Cc2ccccc2Cl)cc1. The van der Waals surface area contributed by atoms with E-state index in [2.05, 4.69) is 29.4 Å². The van der Waals surface area contributed by atoms with Crippen molar-refractivity contribution in [1.82, 2.24) is 5.32 Å². The molecule has 4 nitrogen and oxygen atoms in total. The van der Waals surface area contributed by atoms with Gasteiger partial charge in [-0.15, -0.1) is 0 Å². The molecule has 0 radical (unpaired) electrons. The van der Waals surface area contributed by atoms with Crippen molar-refractivity contribution in [2.45, 2.75) is 13.8 Å². The molecule has 0 aliphatic heterocycles. The van der Waals surface area contributed by atoms with Crippen molar-refractivity contribution in [1.29, 1.82) is 0 Å². The van der Waals surface area contributed by atoms with Gasteiger partial charge in [0.15, 0.2) is 5.11 Å². The van der Waals surface area contributed by atoms with Gasteiger partial charge in [-0.1, -0.05) is 29.8 Å². The summed E-state index contributed by atoms with van der Waals surface area (Å²) in [6.07, 6.45) is 3.05. The number of nitrogens with one attached hydrogen (secondary N) is 2. The molecule has 0 bridgehead atoms. The molecule has 2 aromatic rings. The lowest BCUT2D eigenvalue weighted by molar-refractivity contribution is -0.115. The monoisotopic (exact) mass is 387 g/mol. The number of nitrogens with zero attached hydrogens (tertiary/aromatic N) is 1. The Morgan fingerprint density at radius 1 is 1.12 bits per heavy atom. The molecule has 136 valence electrons. The van der Waals surface area contributed by atoms with Crippen LogP contribution in [0, 0.1) is 0 Å². The molecular formula is C20H22ClN3OS. The minimum atomic E-state index is -0.317. The molecule has 0 unspecified atom stereocenters. The van der Waals surface area contributed by atoms with Crippen molar-refractivity contribution in [3.05, 3.63) is 65.2 Å². The summed E-state index contributed by atoms with van der Waals surface area (Å²) in [5.41, 5.74) is 2.75. The molecule has 0 aliphatic rings. The third kappa shape index (κ3) is 5.86. The molecular weight excluding hydrogens is 366 g/mol. The third-order valence-electron chi connectivity index (χ3n) is 3.81. The van der Waals surface area contributed by atoms with Gasteiger partial charge in [-0.05, 0) is 68.0 Å². The molecule has 1 amide bonds. The van der Waals surface area contributed by atoms with E-state index in [1.54, 1.807) is 12.1 Å². The summed E-state index contributed by atoms with van der Waals surface area (Å²) in [5, 5.41) is 6.46. The number of carbonyl (C=O) groups is 1. The van der Waals surface area contributed by atoms with Crippen LogP contribution in [0.3, 0.4) is 0 Å². The third-order valence-corrected chi connectivity index (χ3v) is 4.36. The van der Waals surface area contributed by atoms with Crippen LogP contribution in [-0.4, -0.2) is 24.1 Å². The van der Waals surface area contributed by atoms with Gasteiger partial charge in [0.1, 0.15) is 0 Å². The van der Waals surface area contributed by atoms with Gasteiger partial charge in [0.25, 0.3) is 0 Å². The van der Waals surface area contributed by atoms with E-state index in [1.807, 2.05) is 42.5 Å². The summed E-state index contributed by atoms with van der Waals surface area (Å²) in [4.78, 5) is 14.2. The lowest BCUT2D eigenvalue weighted by Gasteiger charge is -2.21. The summed E-state index contributed by atoms with van der Waals surface area (Å²) in [6, 6.07) is 15.2. The van der Waals surface area contributed by atoms with E-state index in [9.17, 15) is 4.79 Å². The van der Waals surface area contributed by atoms with Gasteiger partial charge in [-0.3, -0.25) is 10.1 Å². The largest absolute Gasteiger partial charge is 0.372 e. The first-order valence-electron chi connectivity index (χ1n) is 8.43. The zero-order chi connectivity index (χ0) is 18.9. The number of hydrogen-bond donors (Lipinski definition) is 2. The van der Waals surface area contributed by atoms with Gasteiger partial charge in [-0.25, -0.2) is 0 Å². The summed E-state index contributed by atoms with van der Waals surface area (Å²) >= 11 is 11.2. The number of anilines is 2. The van der Waals surface area contributed by atoms with E-state index in [0.717, 1.165) is 30.0 Å². The average molecular weight is 388 g/mol. The predicted octanol–water partition coefficient (Wildman–Crippen LogP) is 4.71. The van der Waals surface area contributed by atoms with Crippen molar-refractivity contribution >= 4 is 52.3 Å². The number of carbonyl (C=O) groups excluding carboxylic acids is 1. The Morgan fingerprint density at radius 3 is 2.38 bits per heavy atom. The number of benzene rings is 2. The van der Waals surface area contributed by atoms with Crippen molar-refractivity contribution in [3.63, 3.8) is 0 Å². The molecule has 2 aromatic carbocycles. The summed E-state index contributed by atoms with van der Waals surface area (Å²) in [7, 11) is 0. The second-order valence-electron chi connectivity index (χ2n) is 5.52. The molecule has 0 saturated heterocycles. The second-order valence-corrected chi connectivity index (χ2v) is 6.33. The Balaban J connectivity index is 1.90. The van der Waals surface area contributed by atoms with Crippen LogP contribution in [0.4, 0.5) is 11.4 Å². The Hall–Kier alpha value is -2.37. The van der Waals surface area contributed by atoms with Crippen LogP contribution >= 0.6 is 23.8 Å². The van der Waals surface area contributed by atoms with Gasteiger partial charge in [0, 0.05) is 35.6 Å². The van der Waals surface area contributed by atoms with Crippen LogP contribution in [-0.2, 0) is 4.79 Å².